The van der Waals surface area contributed by atoms with E-state index in [0.29, 0.717) is 10.3 Å². The Hall–Kier alpha value is -2.63. The van der Waals surface area contributed by atoms with Crippen LogP contribution in [0.25, 0.3) is 54.9 Å². The number of alkyl halides is 9. The molecule has 0 fully saturated rings. The Bertz CT molecular complexity index is 4300. The molecule has 2 aliphatic rings. The summed E-state index contributed by atoms with van der Waals surface area (Å²) in [6.45, 7) is 85.4. The molecule has 10 aromatic carbocycles. The molecule has 0 bridgehead atoms. The van der Waals surface area contributed by atoms with Gasteiger partial charge in [0.25, 0.3) is 0 Å². The fraction of sp³-hybridized carbons (Fsp3) is 0.474. The van der Waals surface area contributed by atoms with Crippen LogP contribution in [-0.2, 0) is 194 Å². The van der Waals surface area contributed by atoms with E-state index in [4.69, 9.17) is 0 Å². The molecule has 0 saturated carbocycles. The summed E-state index contributed by atoms with van der Waals surface area (Å²) in [6, 6.07) is 63.7. The van der Waals surface area contributed by atoms with Gasteiger partial charge in [-0.25, -0.2) is 22.3 Å². The smallest absolute Gasteiger partial charge is 0.343 e. The van der Waals surface area contributed by atoms with E-state index in [1.54, 1.807) is 22.3 Å². The number of halogens is 9. The maximum absolute atomic E-state index is 10.4. The molecular weight excluding hydrogens is 1960 g/mol. The second kappa shape index (κ2) is 72.7. The first kappa shape index (κ1) is 139. The summed E-state index contributed by atoms with van der Waals surface area (Å²) in [7, 11) is 0.374. The summed E-state index contributed by atoms with van der Waals surface area (Å²) in [5, 5.41) is 6.38. The van der Waals surface area contributed by atoms with E-state index >= 15 is 0 Å². The van der Waals surface area contributed by atoms with Gasteiger partial charge in [0.1, 0.15) is 0 Å². The molecule has 0 amide bonds. The molecule has 129 heavy (non-hydrogen) atoms. The summed E-state index contributed by atoms with van der Waals surface area (Å²) >= 11 is 0. The van der Waals surface area contributed by atoms with Gasteiger partial charge in [0.15, 0.2) is 0 Å². The molecular formula is C114H163F9P2Y4-8. The van der Waals surface area contributed by atoms with Crippen molar-refractivity contribution in [3.05, 3.63) is 297 Å². The van der Waals surface area contributed by atoms with Crippen LogP contribution < -0.4 is 0 Å². The molecule has 0 atom stereocenters. The van der Waals surface area contributed by atoms with E-state index in [1.807, 2.05) is 96.9 Å². The molecule has 10 aromatic rings. The zero-order chi connectivity index (χ0) is 97.3. The largest absolute Gasteiger partial charge is 0.386 e. The predicted molar refractivity (Wildman–Crippen MR) is 542 cm³/mol. The van der Waals surface area contributed by atoms with Gasteiger partial charge in [0.2, 0.25) is 0 Å². The van der Waals surface area contributed by atoms with Gasteiger partial charge in [-0.3, -0.25) is 0 Å². The fourth-order valence-electron chi connectivity index (χ4n) is 13.9. The summed E-state index contributed by atoms with van der Waals surface area (Å²) in [4.78, 5) is 0. The molecule has 15 heteroatoms. The Labute approximate surface area is 887 Å². The van der Waals surface area contributed by atoms with Crippen LogP contribution >= 0.6 is 15.8 Å². The van der Waals surface area contributed by atoms with Crippen LogP contribution in [0, 0.1) is 121 Å². The van der Waals surface area contributed by atoms with Crippen molar-refractivity contribution < 1.29 is 170 Å². The molecule has 0 nitrogen and oxygen atoms in total. The maximum atomic E-state index is 10.4. The second-order valence-corrected chi connectivity index (χ2v) is 37.6. The normalized spacial score (nSPS) is 11.3. The molecule has 2 aliphatic heterocycles. The first-order valence-corrected chi connectivity index (χ1v) is 49.3. The van der Waals surface area contributed by atoms with E-state index in [2.05, 4.69) is 310 Å². The summed E-state index contributed by atoms with van der Waals surface area (Å²) in [5.74, 6) is 0. The topological polar surface area (TPSA) is 0 Å². The Morgan fingerprint density at radius 1 is 0.287 bits per heavy atom. The number of hydrogen-bond acceptors (Lipinski definition) is 0. The molecule has 0 spiro atoms. The maximum Gasteiger partial charge on any atom is 0.386 e. The molecule has 0 aliphatic carbocycles. The minimum atomic E-state index is -4.00. The zero-order valence-corrected chi connectivity index (χ0v) is 99.7. The average molecular weight is 2120 g/mol. The van der Waals surface area contributed by atoms with Crippen molar-refractivity contribution >= 4 is 37.4 Å². The van der Waals surface area contributed by atoms with Crippen LogP contribution in [0.5, 0.6) is 0 Å². The van der Waals surface area contributed by atoms with Crippen molar-refractivity contribution in [2.75, 3.05) is 0 Å². The SMILES string of the molecule is CC.CC.CC.CC.CC.CC.CC.CC(C)(C)P1Cc2ccccc2C1.CC(C)(C)P1Cc2ccccc2C1.CC(F)(F)F.CC(F)(F)F.CC(F)(F)F.Cc1cc2ccccc2c(-c2c(C)c(C)cc3ccccc23)c1C.[CH2-]CCc1[c-]c(-c2[c-]c(CC[CH2-])cc(C)c2C)c(C)c(C)c1.[CH2-]CCc1[c-]c(-c2[c-]c(CC[CH2-])cc(C)c2CC)c(CC)c(C)c1.[Y].[Y].[Y].[Y]. The molecule has 12 rings (SSSR count). The Balaban J connectivity index is -0.000000269. The van der Waals surface area contributed by atoms with Gasteiger partial charge >= 0.3 is 18.5 Å². The van der Waals surface area contributed by atoms with Crippen molar-refractivity contribution in [3.8, 4) is 33.4 Å². The van der Waals surface area contributed by atoms with Crippen LogP contribution in [0.15, 0.2) is 133 Å². The minimum Gasteiger partial charge on any atom is -0.343 e. The minimum absolute atomic E-state index is 0. The van der Waals surface area contributed by atoms with E-state index in [-0.39, 0.29) is 167 Å². The molecule has 0 N–H and O–H groups in total. The number of benzene rings is 10. The number of aryl methyl sites for hydroxylation is 10. The van der Waals surface area contributed by atoms with E-state index in [9.17, 15) is 39.5 Å². The van der Waals surface area contributed by atoms with E-state index < -0.39 is 18.5 Å². The predicted octanol–water partition coefficient (Wildman–Crippen LogP) is 38.7. The van der Waals surface area contributed by atoms with Gasteiger partial charge in [-0.1, -0.05) is 357 Å². The summed E-state index contributed by atoms with van der Waals surface area (Å²) < 4.78 is 93.2. The molecule has 0 saturated heterocycles. The third-order valence-corrected chi connectivity index (χ3v) is 26.8. The first-order chi connectivity index (χ1) is 58.7. The van der Waals surface area contributed by atoms with E-state index in [0.717, 1.165) is 64.2 Å². The molecule has 712 valence electrons. The van der Waals surface area contributed by atoms with Gasteiger partial charge in [0.05, 0.1) is 0 Å². The summed E-state index contributed by atoms with van der Waals surface area (Å²) in [5.41, 5.74) is 35.4. The van der Waals surface area contributed by atoms with Crippen LogP contribution in [0.4, 0.5) is 39.5 Å². The Morgan fingerprint density at radius 2 is 0.481 bits per heavy atom. The Kier molecular flexibility index (Phi) is 78.5. The first-order valence-electron chi connectivity index (χ1n) is 45.9. The third-order valence-electron chi connectivity index (χ3n) is 20.2. The van der Waals surface area contributed by atoms with Crippen molar-refractivity contribution in [2.24, 2.45) is 0 Å². The summed E-state index contributed by atoms with van der Waals surface area (Å²) in [6.07, 6.45) is 2.97. The van der Waals surface area contributed by atoms with Crippen molar-refractivity contribution in [3.63, 3.8) is 0 Å². The standard InChI is InChI=1S/C24H22.C24H30.C22H26.2C12H17P.3C2H3F3.7C2H6.4Y/c1-15-13-19-9-5-7-11-21(19)23(17(15)3)24-18(4)16(2)14-20-10-6-8-12-22(20)24;1-7-11-19-13-17(5)21(9-3)23(15-19)24-16-20(12-8-2)14-18(6)22(24)10-4;1-7-9-19-11-15(3)17(5)21(13-19)22-14-20(10-8-2)12-16(4)18(22)6;2*1-12(2,3)13-8-10-6-4-5-7-11(10)9-13;3*1-2(3,4)5;7*1-2;;;;/h5-14H,1-4H3;13-14H,1-2,7-12H2,3-6H3;11-12H,1-2,7-10H2,3-6H3;2*4-7H,8-9H2,1-3H3;3*1H3;7*1-2H3;;;;/q;2*-4;;;;;;;;;;;;;;;;. The van der Waals surface area contributed by atoms with Gasteiger partial charge in [-0.15, -0.1) is 68.8 Å². The zero-order valence-electron chi connectivity index (χ0n) is 86.5. The van der Waals surface area contributed by atoms with Crippen LogP contribution in [0.1, 0.15) is 310 Å². The van der Waals surface area contributed by atoms with Crippen molar-refractivity contribution in [1.29, 1.82) is 0 Å². The fourth-order valence-corrected chi connectivity index (χ4v) is 18.9. The number of rotatable bonds is 13. The van der Waals surface area contributed by atoms with Crippen LogP contribution in [0.2, 0.25) is 0 Å². The van der Waals surface area contributed by atoms with Crippen molar-refractivity contribution in [1.82, 2.24) is 0 Å². The average Bonchev–Trinajstić information content (AvgIpc) is 1.35. The quantitative estimate of drug-likeness (QED) is 0.0613. The van der Waals surface area contributed by atoms with Gasteiger partial charge in [0, 0.05) is 152 Å². The van der Waals surface area contributed by atoms with Gasteiger partial charge < -0.3 is 27.7 Å². The van der Waals surface area contributed by atoms with Crippen molar-refractivity contribution in [2.45, 2.75) is 360 Å². The van der Waals surface area contributed by atoms with Crippen LogP contribution in [0.3, 0.4) is 0 Å². The van der Waals surface area contributed by atoms with E-state index in [1.165, 1.54) is 169 Å². The third kappa shape index (κ3) is 51.0. The second-order valence-electron chi connectivity index (χ2n) is 31.5. The number of fused-ring (bicyclic) bond motifs is 4. The molecule has 2 heterocycles. The Morgan fingerprint density at radius 3 is 0.690 bits per heavy atom. The molecule has 0 unspecified atom stereocenters. The van der Waals surface area contributed by atoms with Gasteiger partial charge in [-0.2, -0.15) is 112 Å². The van der Waals surface area contributed by atoms with Gasteiger partial charge in [-0.05, 0) is 140 Å². The molecule has 4 radical (unpaired) electrons. The van der Waals surface area contributed by atoms with Crippen LogP contribution in [-0.4, -0.2) is 28.8 Å². The number of hydrogen-bond donors (Lipinski definition) is 0. The molecule has 0 aromatic heterocycles. The monoisotopic (exact) mass is 2120 g/mol.